The summed E-state index contributed by atoms with van der Waals surface area (Å²) in [4.78, 5) is 18.8. The molecule has 0 radical (unpaired) electrons. The molecule has 1 aromatic heterocycles. The summed E-state index contributed by atoms with van der Waals surface area (Å²) in [5.74, 6) is -0.140. The molecule has 0 aromatic carbocycles. The highest BCUT2D eigenvalue weighted by atomic mass is 32.1. The molecule has 3 atom stereocenters. The fraction of sp³-hybridized carbons (Fsp3) is 0.762. The lowest BCUT2D eigenvalue weighted by Crippen LogP contribution is -2.43. The molecule has 2 aliphatic rings. The molecular formula is C21H37N4O3PS. The molecule has 3 rings (SSSR count). The van der Waals surface area contributed by atoms with Crippen LogP contribution in [0.4, 0.5) is 0 Å². The number of carbonyl (C=O) groups excluding carboxylic acids is 1. The number of hydrogen-bond donors (Lipinski definition) is 1. The van der Waals surface area contributed by atoms with Crippen LogP contribution >= 0.6 is 18.9 Å². The van der Waals surface area contributed by atoms with Crippen molar-refractivity contribution in [2.24, 2.45) is 0 Å². The summed E-state index contributed by atoms with van der Waals surface area (Å²) in [6.07, 6.45) is 4.71. The number of hydrogen-bond acceptors (Lipinski definition) is 4. The molecular weight excluding hydrogens is 419 g/mol. The van der Waals surface area contributed by atoms with E-state index in [2.05, 4.69) is 42.1 Å². The second-order valence-electron chi connectivity index (χ2n) is 8.89. The van der Waals surface area contributed by atoms with Gasteiger partial charge in [0.15, 0.2) is 0 Å². The SMILES string of the molecule is CON(C)C(=O)C[C@@H](NP1(=O)N(C(C)C)[C@H]2CCCC[C@@H]2N1C(C)C)c1cccs1. The number of amides is 1. The molecule has 2 fully saturated rings. The maximum Gasteiger partial charge on any atom is 0.285 e. The van der Waals surface area contributed by atoms with Gasteiger partial charge in [-0.25, -0.2) is 19.5 Å². The molecule has 9 heteroatoms. The Labute approximate surface area is 185 Å². The van der Waals surface area contributed by atoms with Crippen LogP contribution < -0.4 is 5.09 Å². The number of thiophene rings is 1. The van der Waals surface area contributed by atoms with E-state index >= 15 is 0 Å². The quantitative estimate of drug-likeness (QED) is 0.454. The second kappa shape index (κ2) is 9.80. The lowest BCUT2D eigenvalue weighted by molar-refractivity contribution is -0.169. The van der Waals surface area contributed by atoms with E-state index in [0.29, 0.717) is 12.1 Å². The van der Waals surface area contributed by atoms with Gasteiger partial charge in [-0.05, 0) is 52.0 Å². The Morgan fingerprint density at radius 3 is 2.23 bits per heavy atom. The van der Waals surface area contributed by atoms with Crippen molar-refractivity contribution in [1.29, 1.82) is 0 Å². The molecule has 0 unspecified atom stereocenters. The first-order chi connectivity index (χ1) is 14.2. The first kappa shape index (κ1) is 23.9. The van der Waals surface area contributed by atoms with E-state index in [1.54, 1.807) is 18.4 Å². The van der Waals surface area contributed by atoms with E-state index in [9.17, 15) is 9.36 Å². The van der Waals surface area contributed by atoms with Gasteiger partial charge < -0.3 is 0 Å². The highest BCUT2D eigenvalue weighted by molar-refractivity contribution is 7.57. The number of hydroxylamine groups is 2. The Morgan fingerprint density at radius 1 is 1.23 bits per heavy atom. The summed E-state index contributed by atoms with van der Waals surface area (Å²) in [6, 6.07) is 4.55. The van der Waals surface area contributed by atoms with Gasteiger partial charge in [0, 0.05) is 42.5 Å². The fourth-order valence-corrected chi connectivity index (χ4v) is 9.66. The third kappa shape index (κ3) is 4.54. The summed E-state index contributed by atoms with van der Waals surface area (Å²) >= 11 is 1.59. The van der Waals surface area contributed by atoms with Crippen LogP contribution in [-0.2, 0) is 14.2 Å². The Kier molecular flexibility index (Phi) is 7.81. The van der Waals surface area contributed by atoms with Crippen molar-refractivity contribution in [3.63, 3.8) is 0 Å². The van der Waals surface area contributed by atoms with Crippen molar-refractivity contribution in [2.45, 2.75) is 90.0 Å². The van der Waals surface area contributed by atoms with Gasteiger partial charge in [0.05, 0.1) is 13.2 Å². The minimum absolute atomic E-state index is 0.140. The molecule has 1 saturated heterocycles. The van der Waals surface area contributed by atoms with Crippen molar-refractivity contribution in [2.75, 3.05) is 14.2 Å². The van der Waals surface area contributed by atoms with Gasteiger partial charge in [0.1, 0.15) is 0 Å². The molecule has 1 saturated carbocycles. The van der Waals surface area contributed by atoms with E-state index in [1.165, 1.54) is 25.0 Å². The first-order valence-electron chi connectivity index (χ1n) is 11.0. The van der Waals surface area contributed by atoms with Crippen LogP contribution in [-0.4, -0.2) is 58.6 Å². The van der Waals surface area contributed by atoms with E-state index < -0.39 is 7.59 Å². The predicted octanol–water partition coefficient (Wildman–Crippen LogP) is 4.64. The molecule has 1 N–H and O–H groups in total. The molecule has 1 aliphatic carbocycles. The fourth-order valence-electron chi connectivity index (χ4n) is 5.06. The molecule has 1 amide bonds. The maximum absolute atomic E-state index is 14.8. The van der Waals surface area contributed by atoms with Gasteiger partial charge in [-0.1, -0.05) is 18.9 Å². The lowest BCUT2D eigenvalue weighted by atomic mass is 9.89. The van der Waals surface area contributed by atoms with E-state index in [-0.39, 0.29) is 30.5 Å². The monoisotopic (exact) mass is 456 g/mol. The highest BCUT2D eigenvalue weighted by Gasteiger charge is 2.57. The van der Waals surface area contributed by atoms with Gasteiger partial charge in [-0.2, -0.15) is 0 Å². The Morgan fingerprint density at radius 2 is 1.80 bits per heavy atom. The Hall–Kier alpha value is -0.760. The Balaban J connectivity index is 1.99. The van der Waals surface area contributed by atoms with Crippen LogP contribution in [0.5, 0.6) is 0 Å². The van der Waals surface area contributed by atoms with Gasteiger partial charge in [-0.3, -0.25) is 14.2 Å². The zero-order chi connectivity index (χ0) is 22.1. The average Bonchev–Trinajstić information content (AvgIpc) is 3.30. The van der Waals surface area contributed by atoms with Gasteiger partial charge in [0.2, 0.25) is 5.91 Å². The minimum Gasteiger partial charge on any atom is -0.275 e. The van der Waals surface area contributed by atoms with Gasteiger partial charge in [-0.15, -0.1) is 11.3 Å². The first-order valence-corrected chi connectivity index (χ1v) is 13.5. The van der Waals surface area contributed by atoms with Gasteiger partial charge >= 0.3 is 0 Å². The molecule has 170 valence electrons. The summed E-state index contributed by atoms with van der Waals surface area (Å²) in [6.45, 7) is 8.53. The molecule has 2 heterocycles. The summed E-state index contributed by atoms with van der Waals surface area (Å²) in [5.41, 5.74) is 0. The molecule has 1 aliphatic heterocycles. The lowest BCUT2D eigenvalue weighted by Gasteiger charge is -2.38. The number of nitrogens with zero attached hydrogens (tertiary/aromatic N) is 3. The van der Waals surface area contributed by atoms with Crippen LogP contribution in [0.3, 0.4) is 0 Å². The third-order valence-corrected chi connectivity index (χ3v) is 10.7. The third-order valence-electron chi connectivity index (χ3n) is 6.27. The standard InChI is InChI=1S/C21H37N4O3PS/c1-15(2)24-18-10-7-8-11-19(18)25(16(3)4)29(24,27)22-17(20-12-9-13-30-20)14-21(26)23(5)28-6/h9,12-13,15-19H,7-8,10-11,14H2,1-6H3,(H,22,27)/t17-,18+,19+/m1/s1. The van der Waals surface area contributed by atoms with Crippen molar-refractivity contribution in [1.82, 2.24) is 19.5 Å². The van der Waals surface area contributed by atoms with Crippen LogP contribution in [0.15, 0.2) is 17.5 Å². The highest BCUT2D eigenvalue weighted by Crippen LogP contribution is 2.64. The van der Waals surface area contributed by atoms with E-state index in [1.807, 2.05) is 17.5 Å². The summed E-state index contributed by atoms with van der Waals surface area (Å²) < 4.78 is 19.3. The summed E-state index contributed by atoms with van der Waals surface area (Å²) in [7, 11) is 0.00610. The van der Waals surface area contributed by atoms with Crippen LogP contribution in [0.1, 0.15) is 70.7 Å². The van der Waals surface area contributed by atoms with Crippen molar-refractivity contribution in [3.05, 3.63) is 22.4 Å². The molecule has 30 heavy (non-hydrogen) atoms. The van der Waals surface area contributed by atoms with Crippen LogP contribution in [0, 0.1) is 0 Å². The zero-order valence-electron chi connectivity index (χ0n) is 19.1. The molecule has 0 bridgehead atoms. The maximum atomic E-state index is 14.8. The van der Waals surface area contributed by atoms with Crippen molar-refractivity contribution in [3.8, 4) is 0 Å². The number of nitrogens with one attached hydrogen (secondary N) is 1. The number of fused-ring (bicyclic) bond motifs is 1. The van der Waals surface area contributed by atoms with Crippen molar-refractivity contribution >= 4 is 24.8 Å². The number of rotatable bonds is 8. The van der Waals surface area contributed by atoms with E-state index in [0.717, 1.165) is 17.7 Å². The van der Waals surface area contributed by atoms with E-state index in [4.69, 9.17) is 4.84 Å². The van der Waals surface area contributed by atoms with Crippen molar-refractivity contribution < 1.29 is 14.2 Å². The van der Waals surface area contributed by atoms with Crippen LogP contribution in [0.25, 0.3) is 0 Å². The zero-order valence-corrected chi connectivity index (χ0v) is 20.8. The molecule has 0 spiro atoms. The molecule has 1 aromatic rings. The summed E-state index contributed by atoms with van der Waals surface area (Å²) in [5, 5.41) is 6.78. The van der Waals surface area contributed by atoms with Gasteiger partial charge in [0.25, 0.3) is 7.59 Å². The topological polar surface area (TPSA) is 65.1 Å². The minimum atomic E-state index is -3.09. The van der Waals surface area contributed by atoms with Crippen LogP contribution in [0.2, 0.25) is 0 Å². The smallest absolute Gasteiger partial charge is 0.275 e. The average molecular weight is 457 g/mol. The normalized spacial score (nSPS) is 25.6. The largest absolute Gasteiger partial charge is 0.285 e. The molecule has 7 nitrogen and oxygen atoms in total. The Bertz CT molecular complexity index is 729. The second-order valence-corrected chi connectivity index (χ2v) is 12.1. The number of carbonyl (C=O) groups is 1. The predicted molar refractivity (Wildman–Crippen MR) is 122 cm³/mol.